The SMILES string of the molecule is NCC[C@@H]1CC[C@@H](C/C=C\[C@H](O)CC2CCCCC2)[C@H](Cc2cccc(CO)c2)CSSCc2ccccc2CC[C@@H]1CC(=O)O. The number of carboxylic acids is 1. The number of aryl methyl sites for hydroxylation is 1. The molecule has 46 heavy (non-hydrogen) atoms. The van der Waals surface area contributed by atoms with Crippen LogP contribution in [-0.2, 0) is 30.0 Å². The van der Waals surface area contributed by atoms with Gasteiger partial charge in [-0.1, -0.05) is 114 Å². The normalized spacial score (nSPS) is 24.7. The Labute approximate surface area is 285 Å². The summed E-state index contributed by atoms with van der Waals surface area (Å²) >= 11 is 0. The smallest absolute Gasteiger partial charge is 0.303 e. The minimum Gasteiger partial charge on any atom is -0.481 e. The molecule has 0 spiro atoms. The van der Waals surface area contributed by atoms with Gasteiger partial charge >= 0.3 is 5.97 Å². The Kier molecular flexibility index (Phi) is 16.6. The molecule has 1 aliphatic carbocycles. The van der Waals surface area contributed by atoms with Gasteiger partial charge in [-0.05, 0) is 110 Å². The largest absolute Gasteiger partial charge is 0.481 e. The van der Waals surface area contributed by atoms with E-state index in [2.05, 4.69) is 42.5 Å². The van der Waals surface area contributed by atoms with Gasteiger partial charge in [0.1, 0.15) is 0 Å². The van der Waals surface area contributed by atoms with Crippen LogP contribution < -0.4 is 5.73 Å². The zero-order valence-electron chi connectivity index (χ0n) is 27.6. The molecule has 5 nitrogen and oxygen atoms in total. The first-order chi connectivity index (χ1) is 22.4. The fraction of sp³-hybridized carbons (Fsp3) is 0.615. The van der Waals surface area contributed by atoms with Crippen molar-refractivity contribution in [1.29, 1.82) is 0 Å². The maximum atomic E-state index is 12.1. The highest BCUT2D eigenvalue weighted by Gasteiger charge is 2.28. The highest BCUT2D eigenvalue weighted by Crippen LogP contribution is 2.39. The van der Waals surface area contributed by atoms with Crippen molar-refractivity contribution in [3.8, 4) is 0 Å². The molecule has 2 aliphatic rings. The van der Waals surface area contributed by atoms with Gasteiger partial charge in [-0.25, -0.2) is 0 Å². The van der Waals surface area contributed by atoms with Gasteiger partial charge in [0, 0.05) is 17.9 Å². The van der Waals surface area contributed by atoms with Crippen LogP contribution in [0.4, 0.5) is 0 Å². The van der Waals surface area contributed by atoms with Gasteiger partial charge in [0.05, 0.1) is 12.7 Å². The Morgan fingerprint density at radius 1 is 0.891 bits per heavy atom. The number of aliphatic hydroxyl groups excluding tert-OH is 2. The van der Waals surface area contributed by atoms with Gasteiger partial charge in [0.15, 0.2) is 0 Å². The van der Waals surface area contributed by atoms with Crippen LogP contribution in [0.2, 0.25) is 0 Å². The molecule has 1 saturated carbocycles. The van der Waals surface area contributed by atoms with E-state index < -0.39 is 12.1 Å². The summed E-state index contributed by atoms with van der Waals surface area (Å²) in [7, 11) is 3.89. The molecule has 1 fully saturated rings. The molecule has 0 amide bonds. The second-order valence-corrected chi connectivity index (χ2v) is 16.3. The third-order valence-electron chi connectivity index (χ3n) is 10.5. The van der Waals surface area contributed by atoms with E-state index in [-0.39, 0.29) is 24.9 Å². The van der Waals surface area contributed by atoms with Crippen LogP contribution in [0, 0.1) is 29.6 Å². The van der Waals surface area contributed by atoms with Crippen LogP contribution >= 0.6 is 21.6 Å². The van der Waals surface area contributed by atoms with Crippen LogP contribution in [0.5, 0.6) is 0 Å². The van der Waals surface area contributed by atoms with Gasteiger partial charge in [-0.15, -0.1) is 0 Å². The molecular weight excluding hydrogens is 611 g/mol. The van der Waals surface area contributed by atoms with Crippen LogP contribution in [0.3, 0.4) is 0 Å². The molecule has 0 bridgehead atoms. The monoisotopic (exact) mass is 667 g/mol. The molecule has 1 aliphatic heterocycles. The maximum absolute atomic E-state index is 12.1. The lowest BCUT2D eigenvalue weighted by Gasteiger charge is -2.31. The van der Waals surface area contributed by atoms with E-state index in [9.17, 15) is 20.1 Å². The predicted molar refractivity (Wildman–Crippen MR) is 195 cm³/mol. The fourth-order valence-electron chi connectivity index (χ4n) is 7.83. The number of aliphatic hydroxyl groups is 2. The molecule has 7 heteroatoms. The summed E-state index contributed by atoms with van der Waals surface area (Å²) in [6.45, 7) is 0.610. The van der Waals surface area contributed by atoms with Crippen LogP contribution in [0.25, 0.3) is 0 Å². The lowest BCUT2D eigenvalue weighted by molar-refractivity contribution is -0.138. The Hall–Kier alpha value is -1.77. The first kappa shape index (κ1) is 37.1. The van der Waals surface area contributed by atoms with E-state index in [0.29, 0.717) is 24.3 Å². The standard InChI is InChI=1S/C39H57NO4S2/c40-21-20-34-17-16-33(14-7-15-38(42)24-29-8-2-1-3-9-29)37(23-30-10-6-11-31(22-30)26-41)28-46-45-27-36-13-5-4-12-32(36)18-19-35(34)25-39(43)44/h4-7,10-13,15,22,29,33-35,37-38,41-42H,1-3,8-9,14,16-21,23-28,40H2,(H,43,44)/b15-7-/t33-,34+,35-,37-,38+/m1/s1. The number of carboxylic acid groups (broad SMARTS) is 1. The van der Waals surface area contributed by atoms with Gasteiger partial charge in [0.2, 0.25) is 0 Å². The second kappa shape index (κ2) is 20.6. The second-order valence-electron chi connectivity index (χ2n) is 13.8. The zero-order chi connectivity index (χ0) is 32.6. The summed E-state index contributed by atoms with van der Waals surface area (Å²) < 4.78 is 0. The lowest BCUT2D eigenvalue weighted by atomic mass is 9.75. The van der Waals surface area contributed by atoms with Crippen molar-refractivity contribution in [3.63, 3.8) is 0 Å². The first-order valence-electron chi connectivity index (χ1n) is 17.7. The summed E-state index contributed by atoms with van der Waals surface area (Å²) in [6.07, 6.45) is 17.7. The molecule has 0 unspecified atom stereocenters. The number of hydrogen-bond donors (Lipinski definition) is 4. The lowest BCUT2D eigenvalue weighted by Crippen LogP contribution is -2.25. The number of nitrogens with two attached hydrogens (primary N) is 1. The molecule has 5 atom stereocenters. The number of rotatable bonds is 12. The van der Waals surface area contributed by atoms with E-state index in [0.717, 1.165) is 68.4 Å². The zero-order valence-corrected chi connectivity index (χ0v) is 29.2. The maximum Gasteiger partial charge on any atom is 0.303 e. The van der Waals surface area contributed by atoms with Gasteiger partial charge in [-0.3, -0.25) is 4.79 Å². The molecule has 0 aromatic heterocycles. The summed E-state index contributed by atoms with van der Waals surface area (Å²) in [5, 5.41) is 30.7. The fourth-order valence-corrected chi connectivity index (χ4v) is 10.4. The molecule has 0 radical (unpaired) electrons. The Bertz CT molecular complexity index is 1200. The number of fused-ring (bicyclic) bond motifs is 1. The van der Waals surface area contributed by atoms with E-state index in [4.69, 9.17) is 5.73 Å². The highest BCUT2D eigenvalue weighted by atomic mass is 33.1. The van der Waals surface area contributed by atoms with Crippen LogP contribution in [0.1, 0.15) is 99.3 Å². The molecule has 2 aromatic carbocycles. The first-order valence-corrected chi connectivity index (χ1v) is 20.2. The predicted octanol–water partition coefficient (Wildman–Crippen LogP) is 8.60. The molecule has 0 saturated heterocycles. The Balaban J connectivity index is 1.59. The van der Waals surface area contributed by atoms with E-state index in [1.165, 1.54) is 48.8 Å². The van der Waals surface area contributed by atoms with Crippen molar-refractivity contribution in [3.05, 3.63) is 82.9 Å². The van der Waals surface area contributed by atoms with Gasteiger partial charge < -0.3 is 21.1 Å². The Morgan fingerprint density at radius 3 is 2.41 bits per heavy atom. The average molecular weight is 668 g/mol. The van der Waals surface area contributed by atoms with E-state index in [1.807, 2.05) is 39.8 Å². The van der Waals surface area contributed by atoms with Crippen LogP contribution in [-0.4, -0.2) is 39.7 Å². The summed E-state index contributed by atoms with van der Waals surface area (Å²) in [5.41, 5.74) is 11.0. The molecule has 254 valence electrons. The van der Waals surface area contributed by atoms with Crippen molar-refractivity contribution in [1.82, 2.24) is 0 Å². The number of allylic oxidation sites excluding steroid dienone is 1. The quantitative estimate of drug-likeness (QED) is 0.133. The molecule has 4 rings (SSSR count). The van der Waals surface area contributed by atoms with Crippen molar-refractivity contribution in [2.45, 2.75) is 108 Å². The van der Waals surface area contributed by atoms with E-state index in [1.54, 1.807) is 0 Å². The topological polar surface area (TPSA) is 104 Å². The molecule has 5 N–H and O–H groups in total. The summed E-state index contributed by atoms with van der Waals surface area (Å²) in [5.74, 6) is 3.01. The third-order valence-corrected chi connectivity index (χ3v) is 12.9. The van der Waals surface area contributed by atoms with Crippen molar-refractivity contribution in [2.75, 3.05) is 12.3 Å². The number of carbonyl (C=O) groups is 1. The third kappa shape index (κ3) is 12.7. The molecular formula is C39H57NO4S2. The minimum absolute atomic E-state index is 0.0410. The van der Waals surface area contributed by atoms with Crippen LogP contribution in [0.15, 0.2) is 60.7 Å². The van der Waals surface area contributed by atoms with Crippen molar-refractivity contribution < 1.29 is 20.1 Å². The van der Waals surface area contributed by atoms with Gasteiger partial charge in [-0.2, -0.15) is 0 Å². The number of hydrogen-bond acceptors (Lipinski definition) is 6. The van der Waals surface area contributed by atoms with Crippen molar-refractivity contribution >= 4 is 27.6 Å². The highest BCUT2D eigenvalue weighted by molar-refractivity contribution is 8.76. The minimum atomic E-state index is -0.721. The van der Waals surface area contributed by atoms with Crippen molar-refractivity contribution in [2.24, 2.45) is 35.3 Å². The summed E-state index contributed by atoms with van der Waals surface area (Å²) in [4.78, 5) is 12.1. The number of aliphatic carboxylic acids is 1. The van der Waals surface area contributed by atoms with E-state index >= 15 is 0 Å². The Morgan fingerprint density at radius 2 is 1.65 bits per heavy atom. The number of benzene rings is 2. The van der Waals surface area contributed by atoms with Gasteiger partial charge in [0.25, 0.3) is 0 Å². The molecule has 1 heterocycles. The summed E-state index contributed by atoms with van der Waals surface area (Å²) in [6, 6.07) is 17.0. The average Bonchev–Trinajstić information content (AvgIpc) is 3.06. The molecule has 2 aromatic rings.